The molecular weight excluding hydrogens is 476 g/mol. The third-order valence-electron chi connectivity index (χ3n) is 6.16. The number of esters is 1. The van der Waals surface area contributed by atoms with Crippen molar-refractivity contribution in [3.63, 3.8) is 0 Å². The number of hydrogen-bond donors (Lipinski definition) is 1. The molecule has 0 saturated carbocycles. The lowest BCUT2D eigenvalue weighted by Gasteiger charge is -2.14. The summed E-state index contributed by atoms with van der Waals surface area (Å²) in [5.41, 5.74) is 3.19. The summed E-state index contributed by atoms with van der Waals surface area (Å²) in [6.07, 6.45) is 1.61. The number of anilines is 2. The molecule has 1 amide bonds. The number of aryl methyl sites for hydroxylation is 1. The molecule has 0 saturated heterocycles. The highest BCUT2D eigenvalue weighted by molar-refractivity contribution is 6.13. The summed E-state index contributed by atoms with van der Waals surface area (Å²) in [6.45, 7) is 3.63. The number of hydrogen-bond acceptors (Lipinski definition) is 8. The van der Waals surface area contributed by atoms with Crippen molar-refractivity contribution < 1.29 is 24.5 Å². The second-order valence-electron chi connectivity index (χ2n) is 8.81. The molecule has 3 aromatic rings. The van der Waals surface area contributed by atoms with Crippen LogP contribution in [0.5, 0.6) is 0 Å². The zero-order chi connectivity index (χ0) is 26.9. The van der Waals surface area contributed by atoms with Gasteiger partial charge in [0.05, 0.1) is 23.1 Å². The summed E-state index contributed by atoms with van der Waals surface area (Å²) in [6, 6.07) is 12.3. The van der Waals surface area contributed by atoms with Crippen LogP contribution in [0.25, 0.3) is 6.08 Å². The van der Waals surface area contributed by atoms with Crippen molar-refractivity contribution in [2.75, 3.05) is 30.6 Å². The highest BCUT2D eigenvalue weighted by Gasteiger charge is 2.34. The highest BCUT2D eigenvalue weighted by atomic mass is 17.1. The third kappa shape index (κ3) is 4.76. The van der Waals surface area contributed by atoms with E-state index in [4.69, 9.17) is 9.99 Å². The minimum absolute atomic E-state index is 0.00265. The van der Waals surface area contributed by atoms with E-state index in [0.29, 0.717) is 11.3 Å². The summed E-state index contributed by atoms with van der Waals surface area (Å²) in [5.74, 6) is -1.33. The minimum Gasteiger partial charge on any atom is -0.462 e. The lowest BCUT2D eigenvalue weighted by atomic mass is 10.0. The predicted molar refractivity (Wildman–Crippen MR) is 138 cm³/mol. The molecule has 10 heteroatoms. The minimum atomic E-state index is -0.772. The lowest BCUT2D eigenvalue weighted by molar-refractivity contribution is -0.253. The fraction of sp³-hybridized carbons (Fsp3) is 0.259. The van der Waals surface area contributed by atoms with Crippen LogP contribution in [-0.2, 0) is 23.3 Å². The first-order valence-electron chi connectivity index (χ1n) is 11.7. The lowest BCUT2D eigenvalue weighted by Crippen LogP contribution is -2.47. The summed E-state index contributed by atoms with van der Waals surface area (Å²) in [4.78, 5) is 46.4. The zero-order valence-electron chi connectivity index (χ0n) is 21.3. The number of carbonyl (C=O) groups excluding carboxylic acids is 2. The number of benzene rings is 2. The summed E-state index contributed by atoms with van der Waals surface area (Å²) in [7, 11) is 5.38. The van der Waals surface area contributed by atoms with E-state index >= 15 is 0 Å². The average Bonchev–Trinajstić information content (AvgIpc) is 3.21. The molecule has 0 radical (unpaired) electrons. The van der Waals surface area contributed by atoms with Crippen LogP contribution in [0.15, 0.2) is 52.4 Å². The van der Waals surface area contributed by atoms with Crippen molar-refractivity contribution in [1.82, 2.24) is 4.57 Å². The fourth-order valence-corrected chi connectivity index (χ4v) is 4.15. The van der Waals surface area contributed by atoms with Crippen LogP contribution in [0.3, 0.4) is 0 Å². The second-order valence-corrected chi connectivity index (χ2v) is 8.81. The molecule has 0 fully saturated rings. The van der Waals surface area contributed by atoms with E-state index in [1.54, 1.807) is 37.3 Å². The monoisotopic (exact) mass is 504 g/mol. The Hall–Kier alpha value is -4.28. The SMILES string of the molecule is CCOC(=O)c1c2c(n(C)c(=O)/c1=C\c1ccc(N(C)C)cc1C)=NN(c1ccc(COO)cc1)C2=O. The van der Waals surface area contributed by atoms with Gasteiger partial charge in [-0.2, -0.15) is 5.01 Å². The number of carbonyl (C=O) groups is 2. The van der Waals surface area contributed by atoms with Gasteiger partial charge in [0.15, 0.2) is 5.49 Å². The molecule has 2 aromatic carbocycles. The molecular formula is C27H28N4O6. The molecule has 1 aliphatic rings. The Labute approximate surface area is 213 Å². The Bertz CT molecular complexity index is 1560. The molecule has 1 aliphatic heterocycles. The van der Waals surface area contributed by atoms with Gasteiger partial charge < -0.3 is 9.64 Å². The predicted octanol–water partition coefficient (Wildman–Crippen LogP) is 1.95. The Morgan fingerprint density at radius 2 is 1.84 bits per heavy atom. The van der Waals surface area contributed by atoms with Gasteiger partial charge in [0.25, 0.3) is 11.5 Å². The molecule has 0 spiro atoms. The number of aromatic nitrogens is 1. The van der Waals surface area contributed by atoms with Crippen molar-refractivity contribution in [2.45, 2.75) is 20.5 Å². The van der Waals surface area contributed by atoms with E-state index < -0.39 is 17.4 Å². The molecule has 4 rings (SSSR count). The van der Waals surface area contributed by atoms with Gasteiger partial charge in [-0.25, -0.2) is 9.68 Å². The van der Waals surface area contributed by atoms with E-state index in [2.05, 4.69) is 9.99 Å². The van der Waals surface area contributed by atoms with Crippen molar-refractivity contribution in [1.29, 1.82) is 0 Å². The van der Waals surface area contributed by atoms with Crippen LogP contribution in [0.1, 0.15) is 44.3 Å². The molecule has 1 aromatic heterocycles. The molecule has 37 heavy (non-hydrogen) atoms. The quantitative estimate of drug-likeness (QED) is 0.297. The largest absolute Gasteiger partial charge is 0.462 e. The topological polar surface area (TPSA) is 114 Å². The van der Waals surface area contributed by atoms with Gasteiger partial charge in [-0.05, 0) is 60.9 Å². The van der Waals surface area contributed by atoms with E-state index in [0.717, 1.165) is 21.8 Å². The standard InChI is InChI=1S/C27H28N4O6/c1-6-36-27(34)22-21(14-18-9-12-20(29(3)4)13-16(18)2)25(32)30(5)24-23(22)26(33)31(28-24)19-10-7-17(8-11-19)15-37-35/h7-14,35H,6,15H2,1-5H3/b21-14-. The van der Waals surface area contributed by atoms with Crippen LogP contribution in [0.2, 0.25) is 0 Å². The van der Waals surface area contributed by atoms with Crippen molar-refractivity contribution in [3.05, 3.63) is 91.3 Å². The van der Waals surface area contributed by atoms with Gasteiger partial charge in [0, 0.05) is 26.8 Å². The van der Waals surface area contributed by atoms with Crippen LogP contribution in [0, 0.1) is 6.92 Å². The van der Waals surface area contributed by atoms with Crippen LogP contribution in [0.4, 0.5) is 11.4 Å². The van der Waals surface area contributed by atoms with E-state index in [1.807, 2.05) is 44.1 Å². The van der Waals surface area contributed by atoms with Crippen molar-refractivity contribution >= 4 is 29.3 Å². The number of amides is 1. The van der Waals surface area contributed by atoms with Gasteiger partial charge >= 0.3 is 5.97 Å². The average molecular weight is 505 g/mol. The summed E-state index contributed by atoms with van der Waals surface area (Å²) >= 11 is 0. The molecule has 0 unspecified atom stereocenters. The maximum Gasteiger partial charge on any atom is 0.339 e. The van der Waals surface area contributed by atoms with Gasteiger partial charge in [0.2, 0.25) is 0 Å². The van der Waals surface area contributed by atoms with Gasteiger partial charge in [-0.15, -0.1) is 5.10 Å². The highest BCUT2D eigenvalue weighted by Crippen LogP contribution is 2.22. The molecule has 0 aliphatic carbocycles. The van der Waals surface area contributed by atoms with Crippen LogP contribution >= 0.6 is 0 Å². The summed E-state index contributed by atoms with van der Waals surface area (Å²) < 4.78 is 6.54. The molecule has 1 N–H and O–H groups in total. The zero-order valence-corrected chi connectivity index (χ0v) is 21.3. The molecule has 10 nitrogen and oxygen atoms in total. The smallest absolute Gasteiger partial charge is 0.339 e. The van der Waals surface area contributed by atoms with Crippen LogP contribution in [-0.4, -0.2) is 42.4 Å². The van der Waals surface area contributed by atoms with Crippen LogP contribution < -0.4 is 26.2 Å². The second kappa shape index (κ2) is 10.4. The number of ether oxygens (including phenoxy) is 1. The molecule has 2 heterocycles. The van der Waals surface area contributed by atoms with E-state index in [1.165, 1.54) is 11.6 Å². The summed E-state index contributed by atoms with van der Waals surface area (Å²) in [5, 5.41) is 14.2. The number of rotatable bonds is 7. The third-order valence-corrected chi connectivity index (χ3v) is 6.16. The number of nitrogens with zero attached hydrogens (tertiary/aromatic N) is 4. The maximum absolute atomic E-state index is 13.6. The first kappa shape index (κ1) is 25.8. The maximum atomic E-state index is 13.6. The van der Waals surface area contributed by atoms with E-state index in [9.17, 15) is 14.4 Å². The molecule has 0 atom stereocenters. The first-order chi connectivity index (χ1) is 17.7. The fourth-order valence-electron chi connectivity index (χ4n) is 4.15. The van der Waals surface area contributed by atoms with Crippen molar-refractivity contribution in [3.8, 4) is 0 Å². The van der Waals surface area contributed by atoms with Crippen molar-refractivity contribution in [2.24, 2.45) is 12.1 Å². The Kier molecular flexibility index (Phi) is 7.23. The normalized spacial score (nSPS) is 13.0. The first-order valence-corrected chi connectivity index (χ1v) is 11.7. The van der Waals surface area contributed by atoms with E-state index in [-0.39, 0.29) is 35.0 Å². The Balaban J connectivity index is 1.94. The molecule has 0 bridgehead atoms. The van der Waals surface area contributed by atoms with Gasteiger partial charge in [0.1, 0.15) is 12.2 Å². The Morgan fingerprint density at radius 3 is 2.43 bits per heavy atom. The number of pyridine rings is 1. The van der Waals surface area contributed by atoms with Gasteiger partial charge in [-0.3, -0.25) is 19.4 Å². The Morgan fingerprint density at radius 1 is 1.14 bits per heavy atom. The van der Waals surface area contributed by atoms with Gasteiger partial charge in [-0.1, -0.05) is 18.2 Å². The molecule has 192 valence electrons. The number of fused-ring (bicyclic) bond motifs is 1.